The van der Waals surface area contributed by atoms with E-state index in [2.05, 4.69) is 26.2 Å². The van der Waals surface area contributed by atoms with Crippen LogP contribution in [0.2, 0.25) is 0 Å². The molecule has 3 heterocycles. The summed E-state index contributed by atoms with van der Waals surface area (Å²) in [4.78, 5) is 21.2. The van der Waals surface area contributed by atoms with Crippen LogP contribution in [0.25, 0.3) is 0 Å². The van der Waals surface area contributed by atoms with Crippen molar-refractivity contribution in [3.05, 3.63) is 53.6 Å². The van der Waals surface area contributed by atoms with Gasteiger partial charge in [-0.15, -0.1) is 4.99 Å². The van der Waals surface area contributed by atoms with E-state index >= 15 is 0 Å². The number of carbonyl (C=O) groups is 1. The van der Waals surface area contributed by atoms with Gasteiger partial charge in [-0.1, -0.05) is 18.2 Å². The molecular weight excluding hydrogens is 394 g/mol. The Kier molecular flexibility index (Phi) is 5.18. The van der Waals surface area contributed by atoms with E-state index in [4.69, 9.17) is 14.7 Å². The van der Waals surface area contributed by atoms with Crippen molar-refractivity contribution in [2.75, 3.05) is 31.7 Å². The van der Waals surface area contributed by atoms with Crippen LogP contribution in [0.3, 0.4) is 0 Å². The predicted molar refractivity (Wildman–Crippen MR) is 115 cm³/mol. The molecule has 1 saturated heterocycles. The zero-order valence-corrected chi connectivity index (χ0v) is 17.1. The van der Waals surface area contributed by atoms with Crippen molar-refractivity contribution in [3.8, 4) is 17.7 Å². The molecule has 2 aromatic carbocycles. The Hall–Kier alpha value is -3.57. The van der Waals surface area contributed by atoms with E-state index in [1.165, 1.54) is 5.56 Å². The molecule has 8 nitrogen and oxygen atoms in total. The number of rotatable bonds is 4. The Balaban J connectivity index is 1.21. The molecule has 3 aliphatic rings. The molecule has 0 radical (unpaired) electrons. The van der Waals surface area contributed by atoms with Crippen molar-refractivity contribution in [3.63, 3.8) is 0 Å². The van der Waals surface area contributed by atoms with Crippen LogP contribution in [0.1, 0.15) is 28.8 Å². The highest BCUT2D eigenvalue weighted by molar-refractivity contribution is 5.98. The van der Waals surface area contributed by atoms with Crippen molar-refractivity contribution >= 4 is 17.4 Å². The molecule has 0 amide bonds. The standard InChI is InChI=1S/C23H23N5O3/c24-14-25-23-26-19-4-2-1-3-17(19)12-28(23)18-7-9-27(10-8-18)13-20(29)16-5-6-21-22(11-16)31-15-30-21/h1-6,11,18H,7-10,12-13,15H2,(H,25,26). The average molecular weight is 417 g/mol. The van der Waals surface area contributed by atoms with Gasteiger partial charge in [0, 0.05) is 36.9 Å². The Morgan fingerprint density at radius 2 is 1.97 bits per heavy atom. The molecule has 0 saturated carbocycles. The van der Waals surface area contributed by atoms with Gasteiger partial charge in [0.05, 0.1) is 6.54 Å². The third kappa shape index (κ3) is 3.92. The summed E-state index contributed by atoms with van der Waals surface area (Å²) < 4.78 is 10.7. The maximum Gasteiger partial charge on any atom is 0.231 e. The van der Waals surface area contributed by atoms with E-state index in [9.17, 15) is 4.79 Å². The number of guanidine groups is 1. The van der Waals surface area contributed by atoms with Gasteiger partial charge in [-0.25, -0.2) is 0 Å². The fourth-order valence-corrected chi connectivity index (χ4v) is 4.43. The quantitative estimate of drug-likeness (QED) is 0.604. The molecule has 0 aromatic heterocycles. The Morgan fingerprint density at radius 1 is 1.16 bits per heavy atom. The number of nitriles is 1. The van der Waals surface area contributed by atoms with E-state index in [0.29, 0.717) is 29.6 Å². The number of ketones is 1. The summed E-state index contributed by atoms with van der Waals surface area (Å²) in [6.07, 6.45) is 3.73. The largest absolute Gasteiger partial charge is 0.454 e. The van der Waals surface area contributed by atoms with Crippen molar-refractivity contribution in [1.29, 1.82) is 5.26 Å². The molecule has 31 heavy (non-hydrogen) atoms. The number of Topliss-reactive ketones (excluding diaryl/α,β-unsaturated/α-hetero) is 1. The molecule has 3 aliphatic heterocycles. The van der Waals surface area contributed by atoms with Crippen LogP contribution in [0.5, 0.6) is 11.5 Å². The molecule has 0 unspecified atom stereocenters. The lowest BCUT2D eigenvalue weighted by atomic mass is 10.00. The van der Waals surface area contributed by atoms with Crippen molar-refractivity contribution < 1.29 is 14.3 Å². The highest BCUT2D eigenvalue weighted by Gasteiger charge is 2.31. The molecule has 158 valence electrons. The highest BCUT2D eigenvalue weighted by Crippen LogP contribution is 2.33. The van der Waals surface area contributed by atoms with Crippen molar-refractivity contribution in [1.82, 2.24) is 9.80 Å². The fourth-order valence-electron chi connectivity index (χ4n) is 4.43. The third-order valence-electron chi connectivity index (χ3n) is 6.09. The average Bonchev–Trinajstić information content (AvgIpc) is 3.27. The summed E-state index contributed by atoms with van der Waals surface area (Å²) in [5, 5.41) is 12.4. The zero-order chi connectivity index (χ0) is 21.2. The Bertz CT molecular complexity index is 1070. The highest BCUT2D eigenvalue weighted by atomic mass is 16.7. The first-order valence-corrected chi connectivity index (χ1v) is 10.4. The minimum absolute atomic E-state index is 0.0806. The maximum atomic E-state index is 12.8. The number of benzene rings is 2. The summed E-state index contributed by atoms with van der Waals surface area (Å²) in [5.41, 5.74) is 2.84. The van der Waals surface area contributed by atoms with Gasteiger partial charge in [-0.3, -0.25) is 9.69 Å². The molecule has 1 N–H and O–H groups in total. The molecular formula is C23H23N5O3. The number of likely N-dealkylation sites (tertiary alicyclic amines) is 1. The van der Waals surface area contributed by atoms with Gasteiger partial charge in [-0.2, -0.15) is 5.26 Å². The number of aliphatic imine (C=N–C) groups is 1. The summed E-state index contributed by atoms with van der Waals surface area (Å²) in [6.45, 7) is 2.95. The first-order valence-electron chi connectivity index (χ1n) is 10.4. The summed E-state index contributed by atoms with van der Waals surface area (Å²) >= 11 is 0. The van der Waals surface area contributed by atoms with Crippen LogP contribution < -0.4 is 14.8 Å². The summed E-state index contributed by atoms with van der Waals surface area (Å²) in [5.74, 6) is 2.00. The number of fused-ring (bicyclic) bond motifs is 2. The first kappa shape index (κ1) is 19.4. The minimum Gasteiger partial charge on any atom is -0.454 e. The first-order chi connectivity index (χ1) is 15.2. The molecule has 1 fully saturated rings. The lowest BCUT2D eigenvalue weighted by Gasteiger charge is -2.42. The minimum atomic E-state index is 0.0806. The van der Waals surface area contributed by atoms with Crippen molar-refractivity contribution in [2.45, 2.75) is 25.4 Å². The normalized spacial score (nSPS) is 19.6. The smallest absolute Gasteiger partial charge is 0.231 e. The van der Waals surface area contributed by atoms with Crippen molar-refractivity contribution in [2.24, 2.45) is 4.99 Å². The van der Waals surface area contributed by atoms with E-state index in [1.54, 1.807) is 18.2 Å². The van der Waals surface area contributed by atoms with Crippen LogP contribution in [-0.2, 0) is 6.54 Å². The second kappa shape index (κ2) is 8.28. The molecule has 0 spiro atoms. The number of piperidine rings is 1. The Morgan fingerprint density at radius 3 is 2.81 bits per heavy atom. The predicted octanol–water partition coefficient (Wildman–Crippen LogP) is 2.83. The van der Waals surface area contributed by atoms with Crippen LogP contribution in [-0.4, -0.2) is 54.0 Å². The number of para-hydroxylation sites is 1. The number of hydrogen-bond donors (Lipinski definition) is 1. The van der Waals surface area contributed by atoms with Crippen LogP contribution in [0, 0.1) is 11.5 Å². The maximum absolute atomic E-state index is 12.8. The van der Waals surface area contributed by atoms with Gasteiger partial charge in [0.2, 0.25) is 18.9 Å². The lowest BCUT2D eigenvalue weighted by molar-refractivity contribution is 0.0877. The number of ether oxygens (including phenoxy) is 2. The van der Waals surface area contributed by atoms with Gasteiger partial charge in [0.25, 0.3) is 0 Å². The second-order valence-corrected chi connectivity index (χ2v) is 7.94. The van der Waals surface area contributed by atoms with E-state index < -0.39 is 0 Å². The molecule has 0 bridgehead atoms. The van der Waals surface area contributed by atoms with Crippen LogP contribution in [0.15, 0.2) is 47.5 Å². The number of anilines is 1. The molecule has 0 aliphatic carbocycles. The van der Waals surface area contributed by atoms with Gasteiger partial charge >= 0.3 is 0 Å². The summed E-state index contributed by atoms with van der Waals surface area (Å²) in [7, 11) is 0. The van der Waals surface area contributed by atoms with Gasteiger partial charge in [0.15, 0.2) is 17.3 Å². The Labute approximate surface area is 180 Å². The fraction of sp³-hybridized carbons (Fsp3) is 0.348. The van der Waals surface area contributed by atoms with E-state index in [1.807, 2.05) is 24.4 Å². The van der Waals surface area contributed by atoms with E-state index in [-0.39, 0.29) is 18.6 Å². The second-order valence-electron chi connectivity index (χ2n) is 7.94. The summed E-state index contributed by atoms with van der Waals surface area (Å²) in [6, 6.07) is 13.7. The number of nitrogens with zero attached hydrogens (tertiary/aromatic N) is 4. The SMILES string of the molecule is N#C/N=C1/Nc2ccccc2CN1C1CCN(CC(=O)c2ccc3c(c2)OCO3)CC1. The zero-order valence-electron chi connectivity index (χ0n) is 17.1. The van der Waals surface area contributed by atoms with Gasteiger partial charge < -0.3 is 19.7 Å². The monoisotopic (exact) mass is 417 g/mol. The number of carbonyl (C=O) groups excluding carboxylic acids is 1. The third-order valence-corrected chi connectivity index (χ3v) is 6.09. The molecule has 8 heteroatoms. The number of nitrogens with one attached hydrogen (secondary N) is 1. The lowest BCUT2D eigenvalue weighted by Crippen LogP contribution is -2.51. The van der Waals surface area contributed by atoms with E-state index in [0.717, 1.165) is 38.2 Å². The van der Waals surface area contributed by atoms with Gasteiger partial charge in [-0.05, 0) is 42.7 Å². The van der Waals surface area contributed by atoms with Gasteiger partial charge in [0.1, 0.15) is 0 Å². The van der Waals surface area contributed by atoms with Crippen LogP contribution in [0.4, 0.5) is 5.69 Å². The molecule has 0 atom stereocenters. The molecule has 5 rings (SSSR count). The van der Waals surface area contributed by atoms with Crippen LogP contribution >= 0.6 is 0 Å². The number of hydrogen-bond acceptors (Lipinski definition) is 6. The topological polar surface area (TPSA) is 90.2 Å². The molecule has 2 aromatic rings.